The molecule has 0 aliphatic heterocycles. The monoisotopic (exact) mass is 292 g/mol. The first-order valence-corrected chi connectivity index (χ1v) is 6.96. The highest BCUT2D eigenvalue weighted by molar-refractivity contribution is 14.2. The number of ether oxygens (including phenoxy) is 1. The van der Waals surface area contributed by atoms with Crippen LogP contribution >= 0.6 is 30.1 Å². The molecule has 1 aliphatic carbocycles. The van der Waals surface area contributed by atoms with Crippen LogP contribution in [0.3, 0.4) is 0 Å². The molecule has 1 aliphatic rings. The third-order valence-electron chi connectivity index (χ3n) is 1.59. The Kier molecular flexibility index (Phi) is 4.62. The zero-order valence-corrected chi connectivity index (χ0v) is 9.74. The van der Waals surface area contributed by atoms with Gasteiger partial charge in [0.2, 0.25) is 0 Å². The minimum atomic E-state index is 0.916. The zero-order chi connectivity index (χ0) is 8.81. The third kappa shape index (κ3) is 2.76. The summed E-state index contributed by atoms with van der Waals surface area (Å²) in [5.41, 5.74) is 1.11. The number of allylic oxidation sites excluding steroid dienone is 3. The fourth-order valence-electron chi connectivity index (χ4n) is 1.04. The smallest absolute Gasteiger partial charge is 0.130 e. The van der Waals surface area contributed by atoms with E-state index in [9.17, 15) is 0 Å². The van der Waals surface area contributed by atoms with Crippen molar-refractivity contribution >= 4 is 30.1 Å². The first-order valence-electron chi connectivity index (χ1n) is 3.60. The van der Waals surface area contributed by atoms with Gasteiger partial charge in [0.1, 0.15) is 5.76 Å². The van der Waals surface area contributed by atoms with Gasteiger partial charge in [0.05, 0.1) is 7.11 Å². The van der Waals surface area contributed by atoms with Crippen LogP contribution in [-0.4, -0.2) is 7.11 Å². The Bertz CT molecular complexity index is 270. The number of hydrogen-bond donors (Lipinski definition) is 0. The molecule has 0 atom stereocenters. The van der Waals surface area contributed by atoms with Crippen LogP contribution in [0.4, 0.5) is 0 Å². The molecule has 0 N–H and O–H groups in total. The quantitative estimate of drug-likeness (QED) is 0.542. The summed E-state index contributed by atoms with van der Waals surface area (Å²) in [6.45, 7) is 0. The van der Waals surface area contributed by atoms with Crippen molar-refractivity contribution in [3.05, 3.63) is 23.5 Å². The molecule has 64 valence electrons. The van der Waals surface area contributed by atoms with Crippen molar-refractivity contribution in [3.8, 4) is 11.2 Å². The van der Waals surface area contributed by atoms with Gasteiger partial charge in [0.15, 0.2) is 0 Å². The lowest BCUT2D eigenvalue weighted by Gasteiger charge is -2.09. The van der Waals surface area contributed by atoms with Crippen LogP contribution in [0.1, 0.15) is 12.8 Å². The molecule has 0 aromatic carbocycles. The molecule has 12 heavy (non-hydrogen) atoms. The van der Waals surface area contributed by atoms with E-state index in [-0.39, 0.29) is 0 Å². The van der Waals surface area contributed by atoms with Crippen molar-refractivity contribution in [1.29, 1.82) is 0 Å². The predicted octanol–water partition coefficient (Wildman–Crippen LogP) is 3.28. The van der Waals surface area contributed by atoms with Crippen molar-refractivity contribution in [2.75, 3.05) is 7.11 Å². The van der Waals surface area contributed by atoms with E-state index in [2.05, 4.69) is 38.5 Å². The average Bonchev–Trinajstić information content (AvgIpc) is 2.15. The summed E-state index contributed by atoms with van der Waals surface area (Å²) < 4.78 is 5.18. The predicted molar refractivity (Wildman–Crippen MR) is 61.8 cm³/mol. The zero-order valence-electron chi connectivity index (χ0n) is 6.76. The molecule has 3 heteroatoms. The molecule has 0 saturated heterocycles. The molecule has 0 unspecified atom stereocenters. The second kappa shape index (κ2) is 5.55. The van der Waals surface area contributed by atoms with E-state index >= 15 is 0 Å². The molecule has 0 heterocycles. The molecule has 0 radical (unpaired) electrons. The van der Waals surface area contributed by atoms with Crippen molar-refractivity contribution in [1.82, 2.24) is 0 Å². The van der Waals surface area contributed by atoms with Crippen LogP contribution < -0.4 is 0 Å². The van der Waals surface area contributed by atoms with Gasteiger partial charge in [-0.25, -0.2) is 0 Å². The Morgan fingerprint density at radius 2 is 2.50 bits per heavy atom. The molecule has 0 bridgehead atoms. The lowest BCUT2D eigenvalue weighted by atomic mass is 10.0. The molecular weight excluding hydrogens is 283 g/mol. The SMILES string of the molecule is COC1=C(C#CSI)CCC=C1. The maximum absolute atomic E-state index is 5.18. The molecule has 0 aromatic heterocycles. The van der Waals surface area contributed by atoms with Gasteiger partial charge in [0, 0.05) is 26.8 Å². The van der Waals surface area contributed by atoms with E-state index in [0.717, 1.165) is 24.2 Å². The molecule has 0 saturated carbocycles. The standard InChI is InChI=1S/C9H9IOS/c1-11-9-5-3-2-4-8(9)6-7-12-10/h3,5H,2,4H2,1H3. The fourth-order valence-corrected chi connectivity index (χ4v) is 1.53. The molecule has 0 spiro atoms. The highest BCUT2D eigenvalue weighted by atomic mass is 127. The first-order chi connectivity index (χ1) is 5.88. The Morgan fingerprint density at radius 3 is 3.17 bits per heavy atom. The Hall–Kier alpha value is -0.0800. The number of halogens is 1. The van der Waals surface area contributed by atoms with Crippen LogP contribution in [0.15, 0.2) is 23.5 Å². The van der Waals surface area contributed by atoms with Gasteiger partial charge in [0.25, 0.3) is 0 Å². The van der Waals surface area contributed by atoms with Gasteiger partial charge in [-0.3, -0.25) is 0 Å². The van der Waals surface area contributed by atoms with Gasteiger partial charge in [-0.15, -0.1) is 0 Å². The Morgan fingerprint density at radius 1 is 1.67 bits per heavy atom. The van der Waals surface area contributed by atoms with Gasteiger partial charge in [-0.2, -0.15) is 0 Å². The largest absolute Gasteiger partial charge is 0.496 e. The number of methoxy groups -OCH3 is 1. The summed E-state index contributed by atoms with van der Waals surface area (Å²) in [6.07, 6.45) is 6.18. The van der Waals surface area contributed by atoms with Crippen LogP contribution in [-0.2, 0) is 4.74 Å². The van der Waals surface area contributed by atoms with E-state index in [0.29, 0.717) is 0 Å². The summed E-state index contributed by atoms with van der Waals surface area (Å²) >= 11 is 2.16. The maximum Gasteiger partial charge on any atom is 0.130 e. The topological polar surface area (TPSA) is 9.23 Å². The normalized spacial score (nSPS) is 15.5. The third-order valence-corrected chi connectivity index (χ3v) is 2.43. The molecule has 1 nitrogen and oxygen atoms in total. The van der Waals surface area contributed by atoms with E-state index in [1.807, 2.05) is 6.08 Å². The summed E-state index contributed by atoms with van der Waals surface area (Å²) in [5.74, 6) is 4.00. The van der Waals surface area contributed by atoms with Crippen LogP contribution in [0.2, 0.25) is 0 Å². The molecule has 0 aromatic rings. The Balaban J connectivity index is 2.81. The lowest BCUT2D eigenvalue weighted by Crippen LogP contribution is -1.94. The highest BCUT2D eigenvalue weighted by Gasteiger charge is 2.05. The van der Waals surface area contributed by atoms with Crippen molar-refractivity contribution < 1.29 is 4.74 Å². The van der Waals surface area contributed by atoms with Gasteiger partial charge in [-0.1, -0.05) is 12.0 Å². The highest BCUT2D eigenvalue weighted by Crippen LogP contribution is 2.19. The van der Waals surface area contributed by atoms with Gasteiger partial charge in [-0.05, 0) is 33.1 Å². The van der Waals surface area contributed by atoms with Crippen molar-refractivity contribution in [2.24, 2.45) is 0 Å². The second-order valence-corrected chi connectivity index (χ2v) is 3.97. The van der Waals surface area contributed by atoms with E-state index in [1.165, 1.54) is 8.93 Å². The second-order valence-electron chi connectivity index (χ2n) is 2.29. The minimum Gasteiger partial charge on any atom is -0.496 e. The van der Waals surface area contributed by atoms with Crippen molar-refractivity contribution in [3.63, 3.8) is 0 Å². The van der Waals surface area contributed by atoms with Gasteiger partial charge >= 0.3 is 0 Å². The van der Waals surface area contributed by atoms with E-state index in [4.69, 9.17) is 4.74 Å². The molecule has 0 amide bonds. The van der Waals surface area contributed by atoms with E-state index < -0.39 is 0 Å². The summed E-state index contributed by atoms with van der Waals surface area (Å²) in [4.78, 5) is 0. The average molecular weight is 292 g/mol. The number of rotatable bonds is 1. The van der Waals surface area contributed by atoms with Crippen LogP contribution in [0.25, 0.3) is 0 Å². The number of hydrogen-bond acceptors (Lipinski definition) is 2. The molecular formula is C9H9IOS. The minimum absolute atomic E-state index is 0.916. The summed E-state index contributed by atoms with van der Waals surface area (Å²) in [6, 6.07) is 0. The van der Waals surface area contributed by atoms with Crippen molar-refractivity contribution in [2.45, 2.75) is 12.8 Å². The maximum atomic E-state index is 5.18. The molecule has 0 fully saturated rings. The summed E-state index contributed by atoms with van der Waals surface area (Å²) in [7, 11) is 3.19. The fraction of sp³-hybridized carbons (Fsp3) is 0.333. The summed E-state index contributed by atoms with van der Waals surface area (Å²) in [5, 5.41) is 2.96. The molecule has 1 rings (SSSR count). The lowest BCUT2D eigenvalue weighted by molar-refractivity contribution is 0.301. The van der Waals surface area contributed by atoms with Gasteiger partial charge < -0.3 is 4.74 Å². The van der Waals surface area contributed by atoms with Crippen LogP contribution in [0.5, 0.6) is 0 Å². The Labute approximate surface area is 89.2 Å². The van der Waals surface area contributed by atoms with E-state index in [1.54, 1.807) is 7.11 Å². The van der Waals surface area contributed by atoms with Crippen LogP contribution in [0, 0.1) is 11.2 Å². The first kappa shape index (κ1) is 10.0.